The van der Waals surface area contributed by atoms with Crippen LogP contribution in [0.5, 0.6) is 5.75 Å². The minimum Gasteiger partial charge on any atom is -0.425 e. The van der Waals surface area contributed by atoms with Gasteiger partial charge in [0.05, 0.1) is 10.3 Å². The molecule has 0 saturated carbocycles. The minimum atomic E-state index is -4.02. The van der Waals surface area contributed by atoms with E-state index in [1.54, 1.807) is 31.2 Å². The van der Waals surface area contributed by atoms with Crippen LogP contribution < -0.4 is 15.1 Å². The Morgan fingerprint density at radius 2 is 1.68 bits per heavy atom. The number of esters is 1. The molecule has 0 fully saturated rings. The van der Waals surface area contributed by atoms with Crippen molar-refractivity contribution >= 4 is 27.0 Å². The Balaban J connectivity index is 1.72. The zero-order valence-electron chi connectivity index (χ0n) is 21.7. The van der Waals surface area contributed by atoms with Crippen LogP contribution in [-0.4, -0.2) is 20.4 Å². The van der Waals surface area contributed by atoms with Gasteiger partial charge in [-0.25, -0.2) is 18.0 Å². The molecule has 1 heterocycles. The fourth-order valence-corrected chi connectivity index (χ4v) is 5.47. The Kier molecular flexibility index (Phi) is 8.44. The van der Waals surface area contributed by atoms with Crippen LogP contribution in [0.1, 0.15) is 42.0 Å². The van der Waals surface area contributed by atoms with E-state index in [4.69, 9.17) is 9.15 Å². The molecule has 4 aromatic rings. The molecule has 0 bridgehead atoms. The lowest BCUT2D eigenvalue weighted by Crippen LogP contribution is -2.44. The number of ether oxygens (including phenoxy) is 1. The molecule has 0 amide bonds. The molecule has 38 heavy (non-hydrogen) atoms. The second-order valence-electron chi connectivity index (χ2n) is 9.43. The van der Waals surface area contributed by atoms with Crippen LogP contribution >= 0.6 is 0 Å². The second-order valence-corrected chi connectivity index (χ2v) is 11.1. The summed E-state index contributed by atoms with van der Waals surface area (Å²) in [5.41, 5.74) is 2.99. The number of rotatable bonds is 10. The van der Waals surface area contributed by atoms with E-state index in [1.165, 1.54) is 18.2 Å². The van der Waals surface area contributed by atoms with Gasteiger partial charge < -0.3 is 9.15 Å². The summed E-state index contributed by atoms with van der Waals surface area (Å²) in [4.78, 5) is 25.8. The highest BCUT2D eigenvalue weighted by molar-refractivity contribution is 7.89. The van der Waals surface area contributed by atoms with Crippen molar-refractivity contribution in [3.8, 4) is 5.75 Å². The molecule has 0 aliphatic rings. The molecule has 0 unspecified atom stereocenters. The molecule has 1 aromatic heterocycles. The van der Waals surface area contributed by atoms with E-state index < -0.39 is 27.7 Å². The SMILES string of the molecule is CCCCc1cc(=O)oc2cc(C)cc(OC(=O)[C@H](Cc3ccccc3)NS(=O)(=O)c3ccc(C)cc3)c12. The third-order valence-electron chi connectivity index (χ3n) is 6.24. The molecule has 0 aliphatic heterocycles. The van der Waals surface area contributed by atoms with Crippen molar-refractivity contribution < 1.29 is 22.4 Å². The van der Waals surface area contributed by atoms with E-state index in [0.717, 1.165) is 35.1 Å². The zero-order chi connectivity index (χ0) is 27.3. The predicted molar refractivity (Wildman–Crippen MR) is 147 cm³/mol. The lowest BCUT2D eigenvalue weighted by molar-refractivity contribution is -0.136. The van der Waals surface area contributed by atoms with Crippen LogP contribution in [0.4, 0.5) is 0 Å². The molecule has 0 radical (unpaired) electrons. The van der Waals surface area contributed by atoms with Gasteiger partial charge in [0, 0.05) is 6.07 Å². The number of benzene rings is 3. The number of carbonyl (C=O) groups is 1. The van der Waals surface area contributed by atoms with Crippen molar-refractivity contribution in [1.29, 1.82) is 0 Å². The number of nitrogens with one attached hydrogen (secondary N) is 1. The van der Waals surface area contributed by atoms with Gasteiger partial charge in [-0.15, -0.1) is 0 Å². The second kappa shape index (κ2) is 11.8. The maximum atomic E-state index is 13.6. The largest absolute Gasteiger partial charge is 0.425 e. The van der Waals surface area contributed by atoms with E-state index in [2.05, 4.69) is 4.72 Å². The van der Waals surface area contributed by atoms with E-state index in [-0.39, 0.29) is 17.1 Å². The topological polar surface area (TPSA) is 103 Å². The first-order valence-electron chi connectivity index (χ1n) is 12.6. The van der Waals surface area contributed by atoms with Gasteiger partial charge in [0.2, 0.25) is 10.0 Å². The van der Waals surface area contributed by atoms with Gasteiger partial charge in [0.15, 0.2) is 0 Å². The normalized spacial score (nSPS) is 12.4. The smallest absolute Gasteiger partial charge is 0.336 e. The van der Waals surface area contributed by atoms with Crippen molar-refractivity contribution in [3.63, 3.8) is 0 Å². The molecule has 0 saturated heterocycles. The van der Waals surface area contributed by atoms with Crippen molar-refractivity contribution in [2.75, 3.05) is 0 Å². The monoisotopic (exact) mass is 533 g/mol. The maximum absolute atomic E-state index is 13.6. The van der Waals surface area contributed by atoms with Gasteiger partial charge in [0.1, 0.15) is 17.4 Å². The number of hydrogen-bond donors (Lipinski definition) is 1. The molecule has 3 aromatic carbocycles. The van der Waals surface area contributed by atoms with Gasteiger partial charge in [-0.1, -0.05) is 61.4 Å². The summed E-state index contributed by atoms with van der Waals surface area (Å²) in [6.07, 6.45) is 2.46. The van der Waals surface area contributed by atoms with E-state index in [9.17, 15) is 18.0 Å². The maximum Gasteiger partial charge on any atom is 0.336 e. The quantitative estimate of drug-likeness (QED) is 0.170. The summed E-state index contributed by atoms with van der Waals surface area (Å²) in [6.45, 7) is 5.71. The fourth-order valence-electron chi connectivity index (χ4n) is 4.29. The molecule has 1 N–H and O–H groups in total. The lowest BCUT2D eigenvalue weighted by atomic mass is 10.0. The molecule has 0 spiro atoms. The van der Waals surface area contributed by atoms with Crippen molar-refractivity contribution in [3.05, 3.63) is 105 Å². The first-order valence-corrected chi connectivity index (χ1v) is 14.1. The number of fused-ring (bicyclic) bond motifs is 1. The Hall–Kier alpha value is -3.75. The molecule has 1 atom stereocenters. The Morgan fingerprint density at radius 1 is 0.974 bits per heavy atom. The number of sulfonamides is 1. The number of hydrogen-bond acceptors (Lipinski definition) is 6. The number of unbranched alkanes of at least 4 members (excludes halogenated alkanes) is 1. The first kappa shape index (κ1) is 27.3. The van der Waals surface area contributed by atoms with Gasteiger partial charge in [-0.05, 0) is 74.1 Å². The summed E-state index contributed by atoms with van der Waals surface area (Å²) in [5.74, 6) is -0.531. The Morgan fingerprint density at radius 3 is 2.37 bits per heavy atom. The summed E-state index contributed by atoms with van der Waals surface area (Å²) < 4.78 is 40.3. The first-order chi connectivity index (χ1) is 18.2. The van der Waals surface area contributed by atoms with Crippen molar-refractivity contribution in [1.82, 2.24) is 4.72 Å². The zero-order valence-corrected chi connectivity index (χ0v) is 22.5. The predicted octanol–water partition coefficient (Wildman–Crippen LogP) is 5.25. The Bertz CT molecular complexity index is 1590. The molecule has 0 aliphatic carbocycles. The van der Waals surface area contributed by atoms with E-state index >= 15 is 0 Å². The fraction of sp³-hybridized carbons (Fsp3) is 0.267. The average molecular weight is 534 g/mol. The highest BCUT2D eigenvalue weighted by Gasteiger charge is 2.29. The van der Waals surface area contributed by atoms with Gasteiger partial charge in [-0.2, -0.15) is 4.72 Å². The Labute approximate surface area is 222 Å². The summed E-state index contributed by atoms with van der Waals surface area (Å²) in [7, 11) is -4.02. The molecule has 4 rings (SSSR count). The van der Waals surface area contributed by atoms with E-state index in [0.29, 0.717) is 17.4 Å². The third kappa shape index (κ3) is 6.57. The standard InChI is InChI=1S/C30H31NO6S/c1-4-5-11-23-19-28(32)36-26-16-21(3)17-27(29(23)26)37-30(33)25(18-22-9-7-6-8-10-22)31-38(34,35)24-14-12-20(2)13-15-24/h6-10,12-17,19,25,31H,4-5,11,18H2,1-3H3/t25-/m0/s1. The average Bonchev–Trinajstić information content (AvgIpc) is 2.87. The highest BCUT2D eigenvalue weighted by atomic mass is 32.2. The minimum absolute atomic E-state index is 0.0543. The van der Waals surface area contributed by atoms with Gasteiger partial charge in [0.25, 0.3) is 0 Å². The molecule has 7 nitrogen and oxygen atoms in total. The van der Waals surface area contributed by atoms with Crippen LogP contribution in [-0.2, 0) is 27.7 Å². The summed E-state index contributed by atoms with van der Waals surface area (Å²) in [5, 5.41) is 0.539. The van der Waals surface area contributed by atoms with Crippen molar-refractivity contribution in [2.24, 2.45) is 0 Å². The van der Waals surface area contributed by atoms with Crippen LogP contribution in [0, 0.1) is 13.8 Å². The van der Waals surface area contributed by atoms with Gasteiger partial charge in [-0.3, -0.25) is 0 Å². The number of aryl methyl sites for hydroxylation is 3. The number of carbonyl (C=O) groups excluding carboxylic acids is 1. The van der Waals surface area contributed by atoms with Crippen LogP contribution in [0.3, 0.4) is 0 Å². The molecular formula is C30H31NO6S. The molecular weight excluding hydrogens is 502 g/mol. The van der Waals surface area contributed by atoms with Crippen molar-refractivity contribution in [2.45, 2.75) is 57.4 Å². The van der Waals surface area contributed by atoms with Crippen LogP contribution in [0.15, 0.2) is 86.9 Å². The lowest BCUT2D eigenvalue weighted by Gasteiger charge is -2.19. The van der Waals surface area contributed by atoms with Crippen LogP contribution in [0.25, 0.3) is 11.0 Å². The summed E-state index contributed by atoms with van der Waals surface area (Å²) >= 11 is 0. The third-order valence-corrected chi connectivity index (χ3v) is 7.73. The summed E-state index contributed by atoms with van der Waals surface area (Å²) in [6, 6.07) is 19.2. The van der Waals surface area contributed by atoms with E-state index in [1.807, 2.05) is 44.2 Å². The molecule has 198 valence electrons. The highest BCUT2D eigenvalue weighted by Crippen LogP contribution is 2.31. The molecule has 8 heteroatoms. The van der Waals surface area contributed by atoms with Crippen LogP contribution in [0.2, 0.25) is 0 Å². The van der Waals surface area contributed by atoms with Gasteiger partial charge >= 0.3 is 11.6 Å².